The Morgan fingerprint density at radius 3 is 1.41 bits per heavy atom. The maximum Gasteiger partial charge on any atom is 0.281 e. The van der Waals surface area contributed by atoms with Crippen molar-refractivity contribution in [2.75, 3.05) is 7.11 Å². The van der Waals surface area contributed by atoms with Crippen LogP contribution in [0.5, 0.6) is 5.75 Å². The Balaban J connectivity index is 1.74. The molecule has 0 aliphatic rings. The Hall–Kier alpha value is -5.51. The smallest absolute Gasteiger partial charge is 0.281 e. The summed E-state index contributed by atoms with van der Waals surface area (Å²) in [6.45, 7) is 1.94. The maximum absolute atomic E-state index is 14.8. The van der Waals surface area contributed by atoms with E-state index in [0.717, 1.165) is 49.1 Å². The zero-order valence-corrected chi connectivity index (χ0v) is 32.7. The van der Waals surface area contributed by atoms with Crippen LogP contribution in [-0.2, 0) is 10.0 Å². The molecule has 0 radical (unpaired) electrons. The number of sulfonamides is 1. The van der Waals surface area contributed by atoms with Gasteiger partial charge in [0.25, 0.3) is 10.0 Å². The summed E-state index contributed by atoms with van der Waals surface area (Å²) in [6.07, 6.45) is 0. The topological polar surface area (TPSA) is 68.1 Å². The van der Waals surface area contributed by atoms with Crippen molar-refractivity contribution in [2.45, 2.75) is 11.8 Å². The van der Waals surface area contributed by atoms with Gasteiger partial charge in [-0.2, -0.15) is 12.6 Å². The second-order valence-electron chi connectivity index (χ2n) is 12.7. The fourth-order valence-corrected chi connectivity index (χ4v) is 16.6. The summed E-state index contributed by atoms with van der Waals surface area (Å²) in [5.74, 6) is 2.91. The largest absolute Gasteiger partial charge is 0.497 e. The number of hydrogen-bond donors (Lipinski definition) is 0. The molecule has 0 saturated carbocycles. The van der Waals surface area contributed by atoms with Crippen molar-refractivity contribution in [1.82, 2.24) is 0 Å². The average molecular weight is 763 g/mol. The fraction of sp³-hybridized carbons (Fsp3) is 0.0435. The lowest BCUT2D eigenvalue weighted by Gasteiger charge is -2.32. The standard InChI is InChI=1S/C46H40N2O3P2S/c1-37-28-34-45(35-29-37)54(49,50)48-52(41-20-10-4-11-21-41,42-22-12-5-13-23-42)36-46(38-18-8-3-9-19-38)53(43-24-14-6-15-25-43,44-26-16-7-17-27-44)47-39-30-32-40(51-2)33-31-39/h3-36H,1-2H3/b46-36+. The van der Waals surface area contributed by atoms with Crippen LogP contribution in [0.1, 0.15) is 11.1 Å². The number of benzene rings is 7. The second kappa shape index (κ2) is 16.2. The highest BCUT2D eigenvalue weighted by molar-refractivity contribution is 7.99. The van der Waals surface area contributed by atoms with Crippen LogP contribution in [0.2, 0.25) is 0 Å². The molecule has 54 heavy (non-hydrogen) atoms. The van der Waals surface area contributed by atoms with Gasteiger partial charge in [-0.15, -0.1) is 0 Å². The van der Waals surface area contributed by atoms with Crippen molar-refractivity contribution in [3.63, 3.8) is 0 Å². The summed E-state index contributed by atoms with van der Waals surface area (Å²) in [6, 6.07) is 65.4. The Morgan fingerprint density at radius 1 is 0.537 bits per heavy atom. The molecule has 8 heteroatoms. The van der Waals surface area contributed by atoms with Gasteiger partial charge in [0.1, 0.15) is 5.75 Å². The number of methoxy groups -OCH3 is 1. The van der Waals surface area contributed by atoms with Gasteiger partial charge in [0.2, 0.25) is 0 Å². The van der Waals surface area contributed by atoms with Crippen molar-refractivity contribution < 1.29 is 13.2 Å². The van der Waals surface area contributed by atoms with Gasteiger partial charge in [0.15, 0.2) is 0 Å². The molecular formula is C46H40N2O3P2S. The number of nitrogens with zero attached hydrogens (tertiary/aromatic N) is 2. The summed E-state index contributed by atoms with van der Waals surface area (Å²) in [4.78, 5) is 0.147. The van der Waals surface area contributed by atoms with Crippen LogP contribution in [-0.4, -0.2) is 15.5 Å². The number of aryl methyl sites for hydroxylation is 1. The van der Waals surface area contributed by atoms with Gasteiger partial charge in [-0.3, -0.25) is 4.74 Å². The van der Waals surface area contributed by atoms with Crippen LogP contribution >= 0.6 is 14.1 Å². The normalized spacial score (nSPS) is 12.1. The summed E-state index contributed by atoms with van der Waals surface area (Å²) in [5, 5.41) is 4.55. The Morgan fingerprint density at radius 2 is 0.963 bits per heavy atom. The van der Waals surface area contributed by atoms with E-state index in [9.17, 15) is 8.42 Å². The highest BCUT2D eigenvalue weighted by Crippen LogP contribution is 2.66. The number of ether oxygens (including phenoxy) is 1. The fourth-order valence-electron chi connectivity index (χ4n) is 6.49. The van der Waals surface area contributed by atoms with E-state index in [1.165, 1.54) is 0 Å². The molecule has 0 N–H and O–H groups in total. The quantitative estimate of drug-likeness (QED) is 0.123. The van der Waals surface area contributed by atoms with Gasteiger partial charge in [0.05, 0.1) is 31.8 Å². The third kappa shape index (κ3) is 7.60. The minimum atomic E-state index is -4.20. The summed E-state index contributed by atoms with van der Waals surface area (Å²) >= 11 is 0. The van der Waals surface area contributed by atoms with Gasteiger partial charge in [-0.25, -0.2) is 0 Å². The van der Waals surface area contributed by atoms with E-state index in [4.69, 9.17) is 13.6 Å². The molecule has 0 atom stereocenters. The van der Waals surface area contributed by atoms with Crippen LogP contribution in [0.15, 0.2) is 220 Å². The maximum atomic E-state index is 14.8. The van der Waals surface area contributed by atoms with Gasteiger partial charge < -0.3 is 4.74 Å². The van der Waals surface area contributed by atoms with Gasteiger partial charge in [-0.05, 0) is 54.7 Å². The monoisotopic (exact) mass is 762 g/mol. The first-order valence-corrected chi connectivity index (χ1v) is 22.6. The molecule has 0 amide bonds. The lowest BCUT2D eigenvalue weighted by Crippen LogP contribution is -2.20. The van der Waals surface area contributed by atoms with Crippen molar-refractivity contribution in [3.05, 3.63) is 217 Å². The SMILES string of the molecule is COc1ccc(N=P(/C(=C/P(=NS(=O)(=O)c2ccc(C)cc2)(c2ccccc2)c2ccccc2)c2ccccc2)(c2ccccc2)c2ccccc2)cc1. The van der Waals surface area contributed by atoms with Crippen molar-refractivity contribution in [3.8, 4) is 5.75 Å². The first-order valence-electron chi connectivity index (χ1n) is 17.6. The zero-order chi connectivity index (χ0) is 37.4. The molecule has 7 aromatic carbocycles. The van der Waals surface area contributed by atoms with Crippen molar-refractivity contribution in [1.29, 1.82) is 0 Å². The molecule has 0 aromatic heterocycles. The molecule has 0 aliphatic carbocycles. The minimum Gasteiger partial charge on any atom is -0.497 e. The molecular weight excluding hydrogens is 723 g/mol. The van der Waals surface area contributed by atoms with Crippen LogP contribution < -0.4 is 26.0 Å². The Bertz CT molecular complexity index is 2490. The highest BCUT2D eigenvalue weighted by atomic mass is 32.2. The van der Waals surface area contributed by atoms with Crippen LogP contribution in [0.25, 0.3) is 5.31 Å². The first-order chi connectivity index (χ1) is 26.3. The van der Waals surface area contributed by atoms with E-state index in [1.54, 1.807) is 19.2 Å². The summed E-state index contributed by atoms with van der Waals surface area (Å²) < 4.78 is 46.0. The van der Waals surface area contributed by atoms with Crippen LogP contribution in [0, 0.1) is 6.92 Å². The van der Waals surface area contributed by atoms with Crippen molar-refractivity contribution >= 4 is 56.4 Å². The molecule has 0 saturated heterocycles. The first kappa shape index (κ1) is 36.8. The van der Waals surface area contributed by atoms with E-state index < -0.39 is 24.1 Å². The predicted molar refractivity (Wildman–Crippen MR) is 228 cm³/mol. The highest BCUT2D eigenvalue weighted by Gasteiger charge is 2.35. The predicted octanol–water partition coefficient (Wildman–Crippen LogP) is 10.7. The van der Waals surface area contributed by atoms with E-state index in [-0.39, 0.29) is 4.90 Å². The Kier molecular flexibility index (Phi) is 11.1. The summed E-state index contributed by atoms with van der Waals surface area (Å²) in [5.41, 5.74) is 2.66. The molecule has 0 bridgehead atoms. The minimum absolute atomic E-state index is 0.147. The van der Waals surface area contributed by atoms with Gasteiger partial charge >= 0.3 is 0 Å². The third-order valence-corrected chi connectivity index (χ3v) is 18.7. The average Bonchev–Trinajstić information content (AvgIpc) is 3.23. The molecule has 7 rings (SSSR count). The molecule has 268 valence electrons. The van der Waals surface area contributed by atoms with E-state index in [0.29, 0.717) is 0 Å². The van der Waals surface area contributed by atoms with Crippen LogP contribution in [0.3, 0.4) is 0 Å². The molecule has 0 heterocycles. The molecule has 7 aromatic rings. The number of rotatable bonds is 11. The molecule has 0 fully saturated rings. The van der Waals surface area contributed by atoms with E-state index in [1.807, 2.05) is 159 Å². The van der Waals surface area contributed by atoms with Crippen molar-refractivity contribution in [2.24, 2.45) is 8.90 Å². The number of hydrogen-bond acceptors (Lipinski definition) is 4. The van der Waals surface area contributed by atoms with E-state index in [2.05, 4.69) is 42.2 Å². The molecule has 0 aliphatic heterocycles. The molecule has 0 spiro atoms. The zero-order valence-electron chi connectivity index (χ0n) is 30.1. The summed E-state index contributed by atoms with van der Waals surface area (Å²) in [7, 11) is -8.95. The van der Waals surface area contributed by atoms with Crippen LogP contribution in [0.4, 0.5) is 5.69 Å². The lowest BCUT2D eigenvalue weighted by molar-refractivity contribution is 0.415. The third-order valence-electron chi connectivity index (χ3n) is 9.18. The lowest BCUT2D eigenvalue weighted by atomic mass is 10.2. The van der Waals surface area contributed by atoms with E-state index >= 15 is 0 Å². The molecule has 5 nitrogen and oxygen atoms in total. The molecule has 0 unspecified atom stereocenters. The second-order valence-corrected chi connectivity index (χ2v) is 20.4. The van der Waals surface area contributed by atoms with Gasteiger partial charge in [-0.1, -0.05) is 169 Å². The van der Waals surface area contributed by atoms with Gasteiger partial charge in [0, 0.05) is 26.5 Å². The Labute approximate surface area is 318 Å².